The summed E-state index contributed by atoms with van der Waals surface area (Å²) in [6, 6.07) is 11.2. The van der Waals surface area contributed by atoms with E-state index in [4.69, 9.17) is 9.84 Å². The fourth-order valence-corrected chi connectivity index (χ4v) is 2.36. The van der Waals surface area contributed by atoms with Crippen molar-refractivity contribution in [2.24, 2.45) is 5.92 Å². The first-order valence-electron chi connectivity index (χ1n) is 8.24. The molecule has 6 heteroatoms. The maximum atomic E-state index is 12.5. The van der Waals surface area contributed by atoms with Crippen LogP contribution in [0.25, 0.3) is 12.2 Å². The molecule has 1 N–H and O–H groups in total. The molecule has 0 aliphatic heterocycles. The van der Waals surface area contributed by atoms with Gasteiger partial charge in [0.15, 0.2) is 11.5 Å². The molecule has 1 aliphatic carbocycles. The monoisotopic (exact) mass is 360 g/mol. The van der Waals surface area contributed by atoms with Gasteiger partial charge in [0, 0.05) is 0 Å². The molecule has 0 heterocycles. The summed E-state index contributed by atoms with van der Waals surface area (Å²) >= 11 is 0. The molecule has 2 aromatic carbocycles. The minimum Gasteiger partial charge on any atom is -0.489 e. The average molecular weight is 360 g/mol. The van der Waals surface area contributed by atoms with Gasteiger partial charge in [-0.25, -0.2) is 4.79 Å². The van der Waals surface area contributed by atoms with E-state index >= 15 is 0 Å². The molecular formula is C20H18F2O4. The Morgan fingerprint density at radius 2 is 1.73 bits per heavy atom. The topological polar surface area (TPSA) is 55.8 Å². The van der Waals surface area contributed by atoms with Crippen molar-refractivity contribution >= 4 is 18.1 Å². The van der Waals surface area contributed by atoms with Crippen molar-refractivity contribution in [2.75, 3.05) is 6.61 Å². The van der Waals surface area contributed by atoms with Gasteiger partial charge in [0.25, 0.3) is 0 Å². The van der Waals surface area contributed by atoms with Gasteiger partial charge in [-0.2, -0.15) is 8.78 Å². The first kappa shape index (κ1) is 17.9. The summed E-state index contributed by atoms with van der Waals surface area (Å²) in [7, 11) is 0. The number of rotatable bonds is 8. The van der Waals surface area contributed by atoms with E-state index in [2.05, 4.69) is 4.74 Å². The number of halogens is 2. The summed E-state index contributed by atoms with van der Waals surface area (Å²) in [5.41, 5.74) is 1.80. The Morgan fingerprint density at radius 3 is 2.35 bits per heavy atom. The highest BCUT2D eigenvalue weighted by Crippen LogP contribution is 2.34. The normalized spacial score (nSPS) is 14.0. The fraction of sp³-hybridized carbons (Fsp3) is 0.250. The Bertz CT molecular complexity index is 796. The lowest BCUT2D eigenvalue weighted by molar-refractivity contribution is -0.0515. The Kier molecular flexibility index (Phi) is 5.51. The predicted molar refractivity (Wildman–Crippen MR) is 93.6 cm³/mol. The quantitative estimate of drug-likeness (QED) is 0.677. The van der Waals surface area contributed by atoms with Crippen LogP contribution in [0.15, 0.2) is 42.5 Å². The smallest absolute Gasteiger partial charge is 0.387 e. The van der Waals surface area contributed by atoms with E-state index in [-0.39, 0.29) is 11.3 Å². The number of carboxylic acids is 1. The molecule has 0 aromatic heterocycles. The van der Waals surface area contributed by atoms with Crippen molar-refractivity contribution in [3.05, 3.63) is 59.2 Å². The number of carboxylic acid groups (broad SMARTS) is 1. The lowest BCUT2D eigenvalue weighted by Gasteiger charge is -2.12. The second-order valence-electron chi connectivity index (χ2n) is 6.10. The molecule has 1 saturated carbocycles. The summed E-state index contributed by atoms with van der Waals surface area (Å²) in [5.74, 6) is -0.182. The van der Waals surface area contributed by atoms with Gasteiger partial charge < -0.3 is 14.6 Å². The van der Waals surface area contributed by atoms with Crippen molar-refractivity contribution in [1.29, 1.82) is 0 Å². The van der Waals surface area contributed by atoms with Gasteiger partial charge in [-0.1, -0.05) is 30.4 Å². The van der Waals surface area contributed by atoms with Crippen LogP contribution in [0.5, 0.6) is 11.5 Å². The van der Waals surface area contributed by atoms with E-state index in [1.807, 2.05) is 0 Å². The Hall–Kier alpha value is -2.89. The second-order valence-corrected chi connectivity index (χ2v) is 6.10. The van der Waals surface area contributed by atoms with Gasteiger partial charge in [-0.3, -0.25) is 0 Å². The third-order valence-electron chi connectivity index (χ3n) is 3.98. The van der Waals surface area contributed by atoms with Crippen LogP contribution >= 0.6 is 0 Å². The first-order chi connectivity index (χ1) is 12.5. The minimum atomic E-state index is -2.91. The molecule has 0 saturated heterocycles. The Labute approximate surface area is 149 Å². The van der Waals surface area contributed by atoms with Crippen LogP contribution in [0.4, 0.5) is 8.78 Å². The van der Waals surface area contributed by atoms with Crippen molar-refractivity contribution in [2.45, 2.75) is 19.5 Å². The summed E-state index contributed by atoms with van der Waals surface area (Å²) in [6.45, 7) is -2.42. The number of aromatic carboxylic acids is 1. The largest absolute Gasteiger partial charge is 0.489 e. The van der Waals surface area contributed by atoms with Crippen molar-refractivity contribution in [1.82, 2.24) is 0 Å². The first-order valence-corrected chi connectivity index (χ1v) is 8.24. The number of alkyl halides is 2. The zero-order valence-electron chi connectivity index (χ0n) is 13.9. The molecule has 0 atom stereocenters. The van der Waals surface area contributed by atoms with Gasteiger partial charge in [0.1, 0.15) is 0 Å². The van der Waals surface area contributed by atoms with E-state index in [1.165, 1.54) is 18.2 Å². The fourth-order valence-electron chi connectivity index (χ4n) is 2.36. The van der Waals surface area contributed by atoms with Crippen LogP contribution in [0.3, 0.4) is 0 Å². The number of ether oxygens (including phenoxy) is 2. The van der Waals surface area contributed by atoms with E-state index in [0.717, 1.165) is 24.0 Å². The van der Waals surface area contributed by atoms with Crippen LogP contribution in [0, 0.1) is 5.92 Å². The molecule has 0 radical (unpaired) electrons. The molecule has 0 amide bonds. The highest BCUT2D eigenvalue weighted by molar-refractivity contribution is 5.88. The van der Waals surface area contributed by atoms with Crippen LogP contribution in [0.1, 0.15) is 34.3 Å². The Morgan fingerprint density at radius 1 is 1.08 bits per heavy atom. The SMILES string of the molecule is O=C(O)c1ccc(/C=C/c2ccc(OC(F)F)c(OCC3CC3)c2)cc1. The minimum absolute atomic E-state index is 0.0172. The van der Waals surface area contributed by atoms with Crippen molar-refractivity contribution in [3.63, 3.8) is 0 Å². The molecule has 3 rings (SSSR count). The maximum Gasteiger partial charge on any atom is 0.387 e. The summed E-state index contributed by atoms with van der Waals surface area (Å²) in [5, 5.41) is 8.90. The predicted octanol–water partition coefficient (Wildman–Crippen LogP) is 4.95. The third kappa shape index (κ3) is 5.05. The van der Waals surface area contributed by atoms with Gasteiger partial charge in [-0.05, 0) is 54.2 Å². The molecule has 26 heavy (non-hydrogen) atoms. The van der Waals surface area contributed by atoms with Crippen LogP contribution in [-0.2, 0) is 0 Å². The maximum absolute atomic E-state index is 12.5. The van der Waals surface area contributed by atoms with Crippen LogP contribution < -0.4 is 9.47 Å². The Balaban J connectivity index is 1.75. The average Bonchev–Trinajstić information content (AvgIpc) is 3.44. The summed E-state index contributed by atoms with van der Waals surface area (Å²) in [4.78, 5) is 10.9. The van der Waals surface area contributed by atoms with Crippen LogP contribution in [0.2, 0.25) is 0 Å². The number of hydrogen-bond acceptors (Lipinski definition) is 3. The van der Waals surface area contributed by atoms with Gasteiger partial charge in [-0.15, -0.1) is 0 Å². The number of benzene rings is 2. The zero-order valence-corrected chi connectivity index (χ0v) is 13.9. The molecule has 0 spiro atoms. The number of hydrogen-bond donors (Lipinski definition) is 1. The van der Waals surface area contributed by atoms with Crippen molar-refractivity contribution in [3.8, 4) is 11.5 Å². The highest BCUT2D eigenvalue weighted by Gasteiger charge is 2.23. The van der Waals surface area contributed by atoms with E-state index in [9.17, 15) is 13.6 Å². The zero-order chi connectivity index (χ0) is 18.5. The molecule has 136 valence electrons. The molecule has 2 aromatic rings. The van der Waals surface area contributed by atoms with E-state index in [0.29, 0.717) is 18.3 Å². The molecule has 4 nitrogen and oxygen atoms in total. The van der Waals surface area contributed by atoms with E-state index < -0.39 is 12.6 Å². The molecule has 0 unspecified atom stereocenters. The lowest BCUT2D eigenvalue weighted by atomic mass is 10.1. The second kappa shape index (κ2) is 7.99. The molecule has 1 aliphatic rings. The van der Waals surface area contributed by atoms with Gasteiger partial charge in [0.05, 0.1) is 12.2 Å². The summed E-state index contributed by atoms with van der Waals surface area (Å²) in [6.07, 6.45) is 5.79. The van der Waals surface area contributed by atoms with Crippen LogP contribution in [-0.4, -0.2) is 24.3 Å². The molecule has 0 bridgehead atoms. The third-order valence-corrected chi connectivity index (χ3v) is 3.98. The summed E-state index contributed by atoms with van der Waals surface area (Å²) < 4.78 is 35.2. The molecular weight excluding hydrogens is 342 g/mol. The van der Waals surface area contributed by atoms with E-state index in [1.54, 1.807) is 36.4 Å². The highest BCUT2D eigenvalue weighted by atomic mass is 19.3. The standard InChI is InChI=1S/C20H18F2O4/c21-20(22)26-17-10-7-14(11-18(17)25-12-15-3-4-15)2-1-13-5-8-16(9-6-13)19(23)24/h1-2,5-11,15,20H,3-4,12H2,(H,23,24)/b2-1+. The van der Waals surface area contributed by atoms with Crippen molar-refractivity contribution < 1.29 is 28.2 Å². The van der Waals surface area contributed by atoms with Gasteiger partial charge in [0.2, 0.25) is 0 Å². The van der Waals surface area contributed by atoms with Gasteiger partial charge >= 0.3 is 12.6 Å². The lowest BCUT2D eigenvalue weighted by Crippen LogP contribution is -2.06. The molecule has 1 fully saturated rings. The number of carbonyl (C=O) groups is 1.